The molecule has 0 aliphatic carbocycles. The van der Waals surface area contributed by atoms with Crippen LogP contribution in [0.4, 0.5) is 18.9 Å². The van der Waals surface area contributed by atoms with Crippen molar-refractivity contribution in [2.45, 2.75) is 24.7 Å². The molecule has 110 valence electrons. The van der Waals surface area contributed by atoms with Gasteiger partial charge in [-0.05, 0) is 35.7 Å². The Bertz CT molecular complexity index is 612. The van der Waals surface area contributed by atoms with Gasteiger partial charge in [0.2, 0.25) is 0 Å². The largest absolute Gasteiger partial charge is 0.416 e. The number of aliphatic hydroxyl groups is 1. The Kier molecular flexibility index (Phi) is 3.37. The number of hydrogen-bond acceptors (Lipinski definition) is 2. The van der Waals surface area contributed by atoms with Crippen LogP contribution in [0.1, 0.15) is 22.8 Å². The maximum atomic E-state index is 12.5. The van der Waals surface area contributed by atoms with E-state index in [9.17, 15) is 18.3 Å². The van der Waals surface area contributed by atoms with Gasteiger partial charge in [-0.2, -0.15) is 13.2 Å². The molecule has 2 atom stereocenters. The van der Waals surface area contributed by atoms with Crippen molar-refractivity contribution in [2.24, 2.45) is 0 Å². The Balaban J connectivity index is 1.76. The van der Waals surface area contributed by atoms with Crippen LogP contribution >= 0.6 is 0 Å². The van der Waals surface area contributed by atoms with Crippen LogP contribution in [0.15, 0.2) is 48.5 Å². The quantitative estimate of drug-likeness (QED) is 0.883. The fourth-order valence-corrected chi connectivity index (χ4v) is 2.62. The summed E-state index contributed by atoms with van der Waals surface area (Å²) in [4.78, 5) is 0. The molecule has 1 heterocycles. The zero-order chi connectivity index (χ0) is 15.0. The third-order valence-electron chi connectivity index (χ3n) is 3.76. The van der Waals surface area contributed by atoms with Crippen molar-refractivity contribution in [3.8, 4) is 0 Å². The lowest BCUT2D eigenvalue weighted by Crippen LogP contribution is -2.24. The predicted molar refractivity (Wildman–Crippen MR) is 74.0 cm³/mol. The van der Waals surface area contributed by atoms with E-state index >= 15 is 0 Å². The second-order valence-corrected chi connectivity index (χ2v) is 5.18. The molecule has 2 aromatic carbocycles. The summed E-state index contributed by atoms with van der Waals surface area (Å²) in [6, 6.07) is 12.2. The molecule has 5 heteroatoms. The van der Waals surface area contributed by atoms with E-state index in [1.165, 1.54) is 12.1 Å². The fraction of sp³-hybridized carbons (Fsp3) is 0.250. The molecule has 3 rings (SSSR count). The smallest absolute Gasteiger partial charge is 0.386 e. The molecule has 0 saturated carbocycles. The summed E-state index contributed by atoms with van der Waals surface area (Å²) >= 11 is 0. The van der Waals surface area contributed by atoms with Crippen LogP contribution in [0, 0.1) is 0 Å². The minimum atomic E-state index is -4.36. The van der Waals surface area contributed by atoms with Crippen molar-refractivity contribution in [1.29, 1.82) is 0 Å². The number of para-hydroxylation sites is 1. The highest BCUT2D eigenvalue weighted by molar-refractivity contribution is 5.57. The molecule has 0 bridgehead atoms. The zero-order valence-electron chi connectivity index (χ0n) is 11.1. The SMILES string of the molecule is OC(c1ccc(C(F)(F)F)cc1)C1Cc2ccccc2N1. The van der Waals surface area contributed by atoms with E-state index in [1.54, 1.807) is 0 Å². The van der Waals surface area contributed by atoms with E-state index in [0.29, 0.717) is 12.0 Å². The lowest BCUT2D eigenvalue weighted by molar-refractivity contribution is -0.137. The number of rotatable bonds is 2. The molecule has 1 aliphatic heterocycles. The van der Waals surface area contributed by atoms with Crippen LogP contribution < -0.4 is 5.32 Å². The molecule has 0 amide bonds. The summed E-state index contributed by atoms with van der Waals surface area (Å²) in [5.41, 5.74) is 1.84. The molecule has 2 nitrogen and oxygen atoms in total. The van der Waals surface area contributed by atoms with Crippen molar-refractivity contribution in [3.05, 3.63) is 65.2 Å². The van der Waals surface area contributed by atoms with Gasteiger partial charge in [0.25, 0.3) is 0 Å². The number of halogens is 3. The number of hydrogen-bond donors (Lipinski definition) is 2. The number of aliphatic hydroxyl groups excluding tert-OH is 1. The van der Waals surface area contributed by atoms with Crippen LogP contribution in [0.2, 0.25) is 0 Å². The Morgan fingerprint density at radius 1 is 1.05 bits per heavy atom. The normalized spacial score (nSPS) is 19.0. The maximum absolute atomic E-state index is 12.5. The summed E-state index contributed by atoms with van der Waals surface area (Å²) in [6.07, 6.45) is -4.55. The predicted octanol–water partition coefficient (Wildman–Crippen LogP) is 3.78. The van der Waals surface area contributed by atoms with Crippen molar-refractivity contribution in [3.63, 3.8) is 0 Å². The zero-order valence-corrected chi connectivity index (χ0v) is 11.1. The molecule has 21 heavy (non-hydrogen) atoms. The van der Waals surface area contributed by atoms with Crippen molar-refractivity contribution in [2.75, 3.05) is 5.32 Å². The first-order valence-corrected chi connectivity index (χ1v) is 6.65. The Hall–Kier alpha value is -2.01. The Labute approximate surface area is 120 Å². The van der Waals surface area contributed by atoms with Crippen molar-refractivity contribution >= 4 is 5.69 Å². The molecule has 0 saturated heterocycles. The van der Waals surface area contributed by atoms with Crippen LogP contribution in [-0.4, -0.2) is 11.1 Å². The topological polar surface area (TPSA) is 32.3 Å². The molecular formula is C16H14F3NO. The molecule has 0 fully saturated rings. The second kappa shape index (κ2) is 5.07. The number of fused-ring (bicyclic) bond motifs is 1. The van der Waals surface area contributed by atoms with Crippen LogP contribution in [-0.2, 0) is 12.6 Å². The summed E-state index contributed by atoms with van der Waals surface area (Å²) in [7, 11) is 0. The van der Waals surface area contributed by atoms with Gasteiger partial charge in [-0.1, -0.05) is 30.3 Å². The van der Waals surface area contributed by atoms with Crippen LogP contribution in [0.5, 0.6) is 0 Å². The van der Waals surface area contributed by atoms with E-state index in [1.807, 2.05) is 24.3 Å². The van der Waals surface area contributed by atoms with Crippen molar-refractivity contribution < 1.29 is 18.3 Å². The second-order valence-electron chi connectivity index (χ2n) is 5.18. The van der Waals surface area contributed by atoms with Crippen LogP contribution in [0.25, 0.3) is 0 Å². The minimum absolute atomic E-state index is 0.223. The molecular weight excluding hydrogens is 279 g/mol. The van der Waals surface area contributed by atoms with E-state index in [2.05, 4.69) is 5.32 Å². The van der Waals surface area contributed by atoms with E-state index < -0.39 is 17.8 Å². The first kappa shape index (κ1) is 13.9. The fourth-order valence-electron chi connectivity index (χ4n) is 2.62. The first-order chi connectivity index (χ1) is 9.95. The molecule has 0 radical (unpaired) electrons. The molecule has 2 N–H and O–H groups in total. The van der Waals surface area contributed by atoms with E-state index in [4.69, 9.17) is 0 Å². The monoisotopic (exact) mass is 293 g/mol. The average molecular weight is 293 g/mol. The third kappa shape index (κ3) is 2.74. The highest BCUT2D eigenvalue weighted by Crippen LogP contribution is 2.33. The maximum Gasteiger partial charge on any atom is 0.416 e. The lowest BCUT2D eigenvalue weighted by Gasteiger charge is -2.20. The highest BCUT2D eigenvalue weighted by Gasteiger charge is 2.31. The molecule has 2 aromatic rings. The number of alkyl halides is 3. The molecule has 1 aliphatic rings. The highest BCUT2D eigenvalue weighted by atomic mass is 19.4. The third-order valence-corrected chi connectivity index (χ3v) is 3.76. The molecule has 0 aromatic heterocycles. The summed E-state index contributed by atoms with van der Waals surface area (Å²) in [6.45, 7) is 0. The number of benzene rings is 2. The van der Waals surface area contributed by atoms with Gasteiger partial charge in [-0.15, -0.1) is 0 Å². The van der Waals surface area contributed by atoms with Gasteiger partial charge in [0.05, 0.1) is 17.7 Å². The standard InChI is InChI=1S/C16H14F3NO/c17-16(18,19)12-7-5-10(6-8-12)15(21)14-9-11-3-1-2-4-13(11)20-14/h1-8,14-15,20-21H,9H2. The summed E-state index contributed by atoms with van der Waals surface area (Å²) in [5.74, 6) is 0. The average Bonchev–Trinajstić information content (AvgIpc) is 2.89. The van der Waals surface area contributed by atoms with Gasteiger partial charge in [0.15, 0.2) is 0 Å². The number of anilines is 1. The van der Waals surface area contributed by atoms with E-state index in [-0.39, 0.29) is 6.04 Å². The van der Waals surface area contributed by atoms with Gasteiger partial charge >= 0.3 is 6.18 Å². The van der Waals surface area contributed by atoms with Gasteiger partial charge in [0, 0.05) is 5.69 Å². The number of nitrogens with one attached hydrogen (secondary N) is 1. The Morgan fingerprint density at radius 3 is 2.33 bits per heavy atom. The summed E-state index contributed by atoms with van der Waals surface area (Å²) in [5, 5.41) is 13.5. The van der Waals surface area contributed by atoms with Crippen LogP contribution in [0.3, 0.4) is 0 Å². The van der Waals surface area contributed by atoms with E-state index in [0.717, 1.165) is 23.4 Å². The molecule has 2 unspecified atom stereocenters. The van der Waals surface area contributed by atoms with Crippen molar-refractivity contribution in [1.82, 2.24) is 0 Å². The Morgan fingerprint density at radius 2 is 1.71 bits per heavy atom. The molecule has 0 spiro atoms. The van der Waals surface area contributed by atoms with Gasteiger partial charge in [-0.3, -0.25) is 0 Å². The minimum Gasteiger partial charge on any atom is -0.386 e. The lowest BCUT2D eigenvalue weighted by atomic mass is 9.98. The first-order valence-electron chi connectivity index (χ1n) is 6.65. The van der Waals surface area contributed by atoms with Gasteiger partial charge in [-0.25, -0.2) is 0 Å². The summed E-state index contributed by atoms with van der Waals surface area (Å²) < 4.78 is 37.6. The van der Waals surface area contributed by atoms with Gasteiger partial charge in [0.1, 0.15) is 0 Å². The van der Waals surface area contributed by atoms with Gasteiger partial charge < -0.3 is 10.4 Å².